The van der Waals surface area contributed by atoms with Gasteiger partial charge in [0.15, 0.2) is 5.65 Å². The number of fused-ring (bicyclic) bond motifs is 3. The summed E-state index contributed by atoms with van der Waals surface area (Å²) >= 11 is 1.34. The highest BCUT2D eigenvalue weighted by Gasteiger charge is 2.23. The van der Waals surface area contributed by atoms with Gasteiger partial charge in [-0.15, -0.1) is 10.2 Å². The molecule has 0 saturated carbocycles. The second kappa shape index (κ2) is 10.5. The van der Waals surface area contributed by atoms with Crippen molar-refractivity contribution in [1.29, 1.82) is 0 Å². The van der Waals surface area contributed by atoms with Gasteiger partial charge in [-0.3, -0.25) is 4.79 Å². The van der Waals surface area contributed by atoms with Crippen LogP contribution in [0.2, 0.25) is 0 Å². The quantitative estimate of drug-likeness (QED) is 0.314. The van der Waals surface area contributed by atoms with Crippen LogP contribution in [-0.4, -0.2) is 36.9 Å². The Balaban J connectivity index is 1.76. The van der Waals surface area contributed by atoms with Crippen LogP contribution >= 0.6 is 11.8 Å². The van der Waals surface area contributed by atoms with E-state index in [1.807, 2.05) is 43.5 Å². The highest BCUT2D eigenvalue weighted by molar-refractivity contribution is 8.00. The van der Waals surface area contributed by atoms with Gasteiger partial charge in [0.1, 0.15) is 11.3 Å². The molecule has 0 fully saturated rings. The van der Waals surface area contributed by atoms with Crippen LogP contribution in [0.1, 0.15) is 51.2 Å². The smallest absolute Gasteiger partial charge is 0.233 e. The minimum Gasteiger partial charge on any atom is -0.353 e. The average molecular weight is 480 g/mol. The zero-order chi connectivity index (χ0) is 24.2. The van der Waals surface area contributed by atoms with Gasteiger partial charge in [0.25, 0.3) is 0 Å². The van der Waals surface area contributed by atoms with E-state index in [1.165, 1.54) is 17.8 Å². The molecular formula is C26H30FN5OS. The van der Waals surface area contributed by atoms with Crippen LogP contribution in [-0.2, 0) is 11.3 Å². The number of thioether (sulfide) groups is 1. The van der Waals surface area contributed by atoms with Crippen molar-refractivity contribution in [2.24, 2.45) is 0 Å². The van der Waals surface area contributed by atoms with Crippen molar-refractivity contribution in [3.8, 4) is 0 Å². The van der Waals surface area contributed by atoms with Gasteiger partial charge in [-0.2, -0.15) is 0 Å². The molecule has 0 aliphatic heterocycles. The van der Waals surface area contributed by atoms with Gasteiger partial charge in [-0.25, -0.2) is 9.37 Å². The Morgan fingerprint density at radius 2 is 1.97 bits per heavy atom. The predicted molar refractivity (Wildman–Crippen MR) is 136 cm³/mol. The molecule has 1 N–H and O–H groups in total. The van der Waals surface area contributed by atoms with Crippen molar-refractivity contribution in [3.05, 3.63) is 59.4 Å². The normalized spacial score (nSPS) is 13.3. The van der Waals surface area contributed by atoms with E-state index in [0.717, 1.165) is 29.3 Å². The van der Waals surface area contributed by atoms with Crippen molar-refractivity contribution in [2.75, 3.05) is 0 Å². The molecule has 2 atom stereocenters. The maximum atomic E-state index is 14.5. The molecule has 0 bridgehead atoms. The first kappa shape index (κ1) is 24.1. The maximum absolute atomic E-state index is 14.5. The Labute approximate surface area is 203 Å². The zero-order valence-corrected chi connectivity index (χ0v) is 20.8. The van der Waals surface area contributed by atoms with Gasteiger partial charge in [0.2, 0.25) is 11.1 Å². The summed E-state index contributed by atoms with van der Waals surface area (Å²) in [6, 6.07) is 13.0. The number of rotatable bonds is 9. The molecule has 8 heteroatoms. The summed E-state index contributed by atoms with van der Waals surface area (Å²) in [6.07, 6.45) is 2.45. The number of nitrogens with zero attached hydrogens (tertiary/aromatic N) is 4. The van der Waals surface area contributed by atoms with E-state index in [1.54, 1.807) is 12.1 Å². The molecular weight excluding hydrogens is 449 g/mol. The van der Waals surface area contributed by atoms with Crippen molar-refractivity contribution in [3.63, 3.8) is 0 Å². The zero-order valence-electron chi connectivity index (χ0n) is 20.0. The van der Waals surface area contributed by atoms with Crippen LogP contribution in [0.5, 0.6) is 0 Å². The topological polar surface area (TPSA) is 72.7 Å². The summed E-state index contributed by atoms with van der Waals surface area (Å²) in [6.45, 7) is 8.45. The molecule has 2 heterocycles. The van der Waals surface area contributed by atoms with E-state index in [0.29, 0.717) is 34.8 Å². The highest BCUT2D eigenvalue weighted by atomic mass is 32.2. The number of aromatic nitrogens is 4. The van der Waals surface area contributed by atoms with Gasteiger partial charge in [-0.05, 0) is 44.9 Å². The second-order valence-electron chi connectivity index (χ2n) is 8.68. The van der Waals surface area contributed by atoms with E-state index >= 15 is 0 Å². The Hall–Kier alpha value is -3.00. The van der Waals surface area contributed by atoms with Crippen molar-refractivity contribution in [1.82, 2.24) is 25.1 Å². The maximum Gasteiger partial charge on any atom is 0.233 e. The van der Waals surface area contributed by atoms with Crippen LogP contribution < -0.4 is 5.32 Å². The van der Waals surface area contributed by atoms with Crippen molar-refractivity contribution in [2.45, 2.75) is 70.0 Å². The summed E-state index contributed by atoms with van der Waals surface area (Å²) < 4.78 is 16.5. The Bertz CT molecular complexity index is 1320. The van der Waals surface area contributed by atoms with E-state index in [4.69, 9.17) is 4.98 Å². The first-order valence-corrected chi connectivity index (χ1v) is 12.6. The molecule has 0 aliphatic rings. The molecule has 2 aromatic carbocycles. The molecule has 1 amide bonds. The SMILES string of the molecule is CCCC(Sc1nnc2c3cc(C)ccc3n(Cc3ccccc3F)c2n1)C(=O)NC(C)CC. The molecule has 2 unspecified atom stereocenters. The lowest BCUT2D eigenvalue weighted by Crippen LogP contribution is -2.38. The third-order valence-corrected chi connectivity index (χ3v) is 7.10. The third kappa shape index (κ3) is 5.06. The molecule has 0 aliphatic carbocycles. The lowest BCUT2D eigenvalue weighted by atomic mass is 10.1. The molecule has 0 saturated heterocycles. The van der Waals surface area contributed by atoms with Gasteiger partial charge in [0.05, 0.1) is 17.3 Å². The summed E-state index contributed by atoms with van der Waals surface area (Å²) in [5.41, 5.74) is 3.91. The van der Waals surface area contributed by atoms with Crippen LogP contribution in [0, 0.1) is 12.7 Å². The van der Waals surface area contributed by atoms with Crippen molar-refractivity contribution < 1.29 is 9.18 Å². The van der Waals surface area contributed by atoms with Gasteiger partial charge in [0, 0.05) is 17.0 Å². The number of carbonyl (C=O) groups is 1. The minimum absolute atomic E-state index is 0.00702. The van der Waals surface area contributed by atoms with Crippen LogP contribution in [0.4, 0.5) is 4.39 Å². The summed E-state index contributed by atoms with van der Waals surface area (Å²) in [7, 11) is 0. The van der Waals surface area contributed by atoms with Gasteiger partial charge in [-0.1, -0.05) is 61.9 Å². The molecule has 178 valence electrons. The molecule has 2 aromatic heterocycles. The predicted octanol–water partition coefficient (Wildman–Crippen LogP) is 5.65. The molecule has 6 nitrogen and oxygen atoms in total. The van der Waals surface area contributed by atoms with Crippen molar-refractivity contribution >= 4 is 39.7 Å². The minimum atomic E-state index is -0.301. The summed E-state index contributed by atoms with van der Waals surface area (Å²) in [5.74, 6) is -0.265. The fraction of sp³-hybridized carbons (Fsp3) is 0.385. The van der Waals surface area contributed by atoms with Crippen LogP contribution in [0.15, 0.2) is 47.6 Å². The Morgan fingerprint density at radius 3 is 2.71 bits per heavy atom. The number of aryl methyl sites for hydroxylation is 1. The second-order valence-corrected chi connectivity index (χ2v) is 9.85. The number of hydrogen-bond donors (Lipinski definition) is 1. The monoisotopic (exact) mass is 479 g/mol. The van der Waals surface area contributed by atoms with Gasteiger partial charge >= 0.3 is 0 Å². The molecule has 34 heavy (non-hydrogen) atoms. The number of benzene rings is 2. The first-order chi connectivity index (χ1) is 16.4. The lowest BCUT2D eigenvalue weighted by molar-refractivity contribution is -0.121. The van der Waals surface area contributed by atoms with E-state index in [2.05, 4.69) is 28.5 Å². The van der Waals surface area contributed by atoms with Crippen LogP contribution in [0.3, 0.4) is 0 Å². The molecule has 4 rings (SSSR count). The fourth-order valence-corrected chi connectivity index (χ4v) is 4.94. The number of hydrogen-bond acceptors (Lipinski definition) is 5. The first-order valence-electron chi connectivity index (χ1n) is 11.7. The highest BCUT2D eigenvalue weighted by Crippen LogP contribution is 2.31. The molecule has 0 radical (unpaired) electrons. The van der Waals surface area contributed by atoms with E-state index < -0.39 is 0 Å². The number of halogens is 1. The molecule has 4 aromatic rings. The molecule has 0 spiro atoms. The van der Waals surface area contributed by atoms with E-state index in [-0.39, 0.29) is 23.0 Å². The fourth-order valence-electron chi connectivity index (χ4n) is 3.93. The lowest BCUT2D eigenvalue weighted by Gasteiger charge is -2.18. The van der Waals surface area contributed by atoms with Crippen LogP contribution in [0.25, 0.3) is 22.1 Å². The third-order valence-electron chi connectivity index (χ3n) is 5.98. The summed E-state index contributed by atoms with van der Waals surface area (Å²) in [4.78, 5) is 17.7. The number of carbonyl (C=O) groups excluding carboxylic acids is 1. The Kier molecular flexibility index (Phi) is 7.46. The van der Waals surface area contributed by atoms with E-state index in [9.17, 15) is 9.18 Å². The number of nitrogens with one attached hydrogen (secondary N) is 1. The number of amides is 1. The Morgan fingerprint density at radius 1 is 1.18 bits per heavy atom. The summed E-state index contributed by atoms with van der Waals surface area (Å²) in [5, 5.41) is 13.0. The largest absolute Gasteiger partial charge is 0.353 e. The standard InChI is InChI=1S/C26H30FN5OS/c1-5-9-22(25(33)28-17(4)6-2)34-26-29-24-23(30-31-26)19-14-16(3)12-13-21(19)32(24)15-18-10-7-8-11-20(18)27/h7-8,10-14,17,22H,5-6,9,15H2,1-4H3,(H,28,33). The van der Waals surface area contributed by atoms with Gasteiger partial charge < -0.3 is 9.88 Å². The average Bonchev–Trinajstić information content (AvgIpc) is 3.12.